The van der Waals surface area contributed by atoms with Gasteiger partial charge >= 0.3 is 5.97 Å². The molecule has 0 saturated heterocycles. The third-order valence-corrected chi connectivity index (χ3v) is 2.66. The van der Waals surface area contributed by atoms with E-state index in [1.807, 2.05) is 0 Å². The minimum absolute atomic E-state index is 0.305. The third-order valence-electron chi connectivity index (χ3n) is 2.66. The van der Waals surface area contributed by atoms with Gasteiger partial charge in [-0.2, -0.15) is 0 Å². The van der Waals surface area contributed by atoms with Gasteiger partial charge in [-0.05, 0) is 31.2 Å². The first-order valence-electron chi connectivity index (χ1n) is 5.33. The molecule has 19 heavy (non-hydrogen) atoms. The summed E-state index contributed by atoms with van der Waals surface area (Å²) in [6.45, 7) is 1.50. The van der Waals surface area contributed by atoms with Crippen molar-refractivity contribution in [2.75, 3.05) is 0 Å². The Hall–Kier alpha value is -2.50. The van der Waals surface area contributed by atoms with Gasteiger partial charge in [0.2, 0.25) is 0 Å². The fourth-order valence-electron chi connectivity index (χ4n) is 1.75. The van der Waals surface area contributed by atoms with E-state index in [2.05, 4.69) is 0 Å². The van der Waals surface area contributed by atoms with E-state index in [-0.39, 0.29) is 5.69 Å². The van der Waals surface area contributed by atoms with Crippen LogP contribution in [-0.4, -0.2) is 15.6 Å². The number of benzene rings is 1. The first kappa shape index (κ1) is 12.9. The van der Waals surface area contributed by atoms with Crippen LogP contribution in [0.25, 0.3) is 5.69 Å². The summed E-state index contributed by atoms with van der Waals surface area (Å²) >= 11 is 0. The number of hydrogen-bond donors (Lipinski definition) is 1. The van der Waals surface area contributed by atoms with Crippen LogP contribution in [0.15, 0.2) is 35.1 Å². The highest BCUT2D eigenvalue weighted by Gasteiger charge is 2.16. The standard InChI is InChI=1S/C13H9F2NO3/c1-7-2-4-9(13(18)19)12(17)16(7)11-6-8(14)3-5-10(11)15/h2-6H,1H3,(H,18,19). The van der Waals surface area contributed by atoms with E-state index in [9.17, 15) is 18.4 Å². The van der Waals surface area contributed by atoms with Gasteiger partial charge < -0.3 is 5.11 Å². The summed E-state index contributed by atoms with van der Waals surface area (Å²) in [4.78, 5) is 22.9. The molecular formula is C13H9F2NO3. The molecule has 2 aromatic rings. The second-order valence-corrected chi connectivity index (χ2v) is 3.93. The van der Waals surface area contributed by atoms with Gasteiger partial charge in [0.15, 0.2) is 0 Å². The Morgan fingerprint density at radius 2 is 1.89 bits per heavy atom. The molecule has 0 atom stereocenters. The summed E-state index contributed by atoms with van der Waals surface area (Å²) in [7, 11) is 0. The molecule has 0 bridgehead atoms. The largest absolute Gasteiger partial charge is 0.477 e. The summed E-state index contributed by atoms with van der Waals surface area (Å²) in [5.74, 6) is -2.95. The number of pyridine rings is 1. The van der Waals surface area contributed by atoms with Crippen LogP contribution in [0, 0.1) is 18.6 Å². The Morgan fingerprint density at radius 3 is 2.53 bits per heavy atom. The molecule has 98 valence electrons. The van der Waals surface area contributed by atoms with Gasteiger partial charge in [0, 0.05) is 11.8 Å². The lowest BCUT2D eigenvalue weighted by Crippen LogP contribution is -2.27. The highest BCUT2D eigenvalue weighted by Crippen LogP contribution is 2.15. The molecule has 0 aliphatic carbocycles. The second kappa shape index (κ2) is 4.64. The predicted octanol–water partition coefficient (Wildman–Crippen LogP) is 2.12. The van der Waals surface area contributed by atoms with Crippen LogP contribution in [-0.2, 0) is 0 Å². The fraction of sp³-hybridized carbons (Fsp3) is 0.0769. The molecule has 0 unspecified atom stereocenters. The van der Waals surface area contributed by atoms with Crippen LogP contribution < -0.4 is 5.56 Å². The molecule has 1 N–H and O–H groups in total. The Balaban J connectivity index is 2.82. The van der Waals surface area contributed by atoms with E-state index in [1.165, 1.54) is 13.0 Å². The number of hydrogen-bond acceptors (Lipinski definition) is 2. The third kappa shape index (κ3) is 2.24. The molecule has 4 nitrogen and oxygen atoms in total. The molecular weight excluding hydrogens is 256 g/mol. The van der Waals surface area contributed by atoms with Crippen molar-refractivity contribution in [3.63, 3.8) is 0 Å². The van der Waals surface area contributed by atoms with Crippen molar-refractivity contribution in [2.24, 2.45) is 0 Å². The maximum absolute atomic E-state index is 13.7. The number of nitrogens with zero attached hydrogens (tertiary/aromatic N) is 1. The zero-order valence-corrected chi connectivity index (χ0v) is 9.85. The quantitative estimate of drug-likeness (QED) is 0.904. The number of halogens is 2. The Kier molecular flexibility index (Phi) is 3.16. The monoisotopic (exact) mass is 265 g/mol. The predicted molar refractivity (Wildman–Crippen MR) is 63.7 cm³/mol. The first-order chi connectivity index (χ1) is 8.91. The Morgan fingerprint density at radius 1 is 1.21 bits per heavy atom. The molecule has 1 heterocycles. The molecule has 0 radical (unpaired) electrons. The van der Waals surface area contributed by atoms with Crippen molar-refractivity contribution < 1.29 is 18.7 Å². The lowest BCUT2D eigenvalue weighted by Gasteiger charge is -2.11. The van der Waals surface area contributed by atoms with Crippen LogP contribution in [0.4, 0.5) is 8.78 Å². The summed E-state index contributed by atoms with van der Waals surface area (Å²) in [5, 5.41) is 8.87. The SMILES string of the molecule is Cc1ccc(C(=O)O)c(=O)n1-c1cc(F)ccc1F. The van der Waals surface area contributed by atoms with Gasteiger partial charge in [0.25, 0.3) is 5.56 Å². The van der Waals surface area contributed by atoms with Crippen molar-refractivity contribution in [3.8, 4) is 5.69 Å². The van der Waals surface area contributed by atoms with Crippen molar-refractivity contribution in [2.45, 2.75) is 6.92 Å². The summed E-state index contributed by atoms with van der Waals surface area (Å²) < 4.78 is 27.7. The van der Waals surface area contributed by atoms with Gasteiger partial charge in [0.05, 0.1) is 5.69 Å². The lowest BCUT2D eigenvalue weighted by molar-refractivity contribution is 0.0694. The normalized spacial score (nSPS) is 10.5. The minimum atomic E-state index is -1.42. The van der Waals surface area contributed by atoms with E-state index < -0.39 is 28.7 Å². The van der Waals surface area contributed by atoms with Gasteiger partial charge in [0.1, 0.15) is 17.2 Å². The molecule has 0 aliphatic rings. The summed E-state index contributed by atoms with van der Waals surface area (Å²) in [6.07, 6.45) is 0. The maximum Gasteiger partial charge on any atom is 0.341 e. The Labute approximate surface area is 106 Å². The first-order valence-corrected chi connectivity index (χ1v) is 5.33. The molecule has 6 heteroatoms. The zero-order chi connectivity index (χ0) is 14.2. The average Bonchev–Trinajstić information content (AvgIpc) is 2.33. The number of carboxylic acid groups (broad SMARTS) is 1. The number of aromatic nitrogens is 1. The van der Waals surface area contributed by atoms with Gasteiger partial charge in [-0.1, -0.05) is 0 Å². The van der Waals surface area contributed by atoms with Crippen molar-refractivity contribution >= 4 is 5.97 Å². The Bertz CT molecular complexity index is 722. The molecule has 0 aliphatic heterocycles. The van der Waals surface area contributed by atoms with Crippen LogP contribution in [0.3, 0.4) is 0 Å². The number of rotatable bonds is 2. The molecule has 0 fully saturated rings. The van der Waals surface area contributed by atoms with Gasteiger partial charge in [-0.3, -0.25) is 9.36 Å². The fourth-order valence-corrected chi connectivity index (χ4v) is 1.75. The van der Waals surface area contributed by atoms with Crippen molar-refractivity contribution in [1.82, 2.24) is 4.57 Å². The topological polar surface area (TPSA) is 59.3 Å². The molecule has 0 spiro atoms. The molecule has 0 amide bonds. The highest BCUT2D eigenvalue weighted by atomic mass is 19.1. The van der Waals surface area contributed by atoms with Crippen molar-refractivity contribution in [1.29, 1.82) is 0 Å². The van der Waals surface area contributed by atoms with E-state index in [0.29, 0.717) is 5.69 Å². The smallest absolute Gasteiger partial charge is 0.341 e. The van der Waals surface area contributed by atoms with Crippen LogP contribution in [0.2, 0.25) is 0 Å². The summed E-state index contributed by atoms with van der Waals surface area (Å²) in [5.41, 5.74) is -1.42. The molecule has 0 saturated carbocycles. The van der Waals surface area contributed by atoms with Crippen molar-refractivity contribution in [3.05, 3.63) is 63.6 Å². The van der Waals surface area contributed by atoms with E-state index in [1.54, 1.807) is 0 Å². The number of carboxylic acids is 1. The second-order valence-electron chi connectivity index (χ2n) is 3.93. The average molecular weight is 265 g/mol. The maximum atomic E-state index is 13.7. The molecule has 1 aromatic heterocycles. The zero-order valence-electron chi connectivity index (χ0n) is 9.85. The van der Waals surface area contributed by atoms with Crippen LogP contribution in [0.1, 0.15) is 16.1 Å². The van der Waals surface area contributed by atoms with E-state index >= 15 is 0 Å². The van der Waals surface area contributed by atoms with Crippen LogP contribution in [0.5, 0.6) is 0 Å². The molecule has 2 rings (SSSR count). The van der Waals surface area contributed by atoms with E-state index in [0.717, 1.165) is 28.8 Å². The van der Waals surface area contributed by atoms with Gasteiger partial charge in [-0.25, -0.2) is 13.6 Å². The van der Waals surface area contributed by atoms with Crippen LogP contribution >= 0.6 is 0 Å². The number of carbonyl (C=O) groups is 1. The molecule has 1 aromatic carbocycles. The van der Waals surface area contributed by atoms with Gasteiger partial charge in [-0.15, -0.1) is 0 Å². The lowest BCUT2D eigenvalue weighted by atomic mass is 10.2. The summed E-state index contributed by atoms with van der Waals surface area (Å²) in [6, 6.07) is 5.13. The minimum Gasteiger partial charge on any atom is -0.477 e. The highest BCUT2D eigenvalue weighted by molar-refractivity contribution is 5.87. The number of aryl methyl sites for hydroxylation is 1. The van der Waals surface area contributed by atoms with E-state index in [4.69, 9.17) is 5.11 Å². The number of aromatic carboxylic acids is 1.